The van der Waals surface area contributed by atoms with Crippen molar-refractivity contribution in [1.29, 1.82) is 0 Å². The number of halogens is 1. The Bertz CT molecular complexity index is 423. The first kappa shape index (κ1) is 14.6. The molecule has 0 saturated heterocycles. The van der Waals surface area contributed by atoms with Crippen LogP contribution in [-0.4, -0.2) is 19.8 Å². The Morgan fingerprint density at radius 1 is 1.32 bits per heavy atom. The van der Waals surface area contributed by atoms with E-state index in [2.05, 4.69) is 35.3 Å². The average Bonchev–Trinajstić information content (AvgIpc) is 2.60. The number of fused-ring (bicyclic) bond motifs is 1. The highest BCUT2D eigenvalue weighted by Crippen LogP contribution is 2.38. The van der Waals surface area contributed by atoms with Gasteiger partial charge in [-0.05, 0) is 39.5 Å². The van der Waals surface area contributed by atoms with E-state index in [0.29, 0.717) is 32.3 Å². The van der Waals surface area contributed by atoms with Crippen LogP contribution in [0.15, 0.2) is 16.6 Å². The van der Waals surface area contributed by atoms with Crippen molar-refractivity contribution in [3.8, 4) is 11.5 Å². The zero-order valence-corrected chi connectivity index (χ0v) is 13.0. The number of nitrogens with one attached hydrogen (secondary N) is 1. The quantitative estimate of drug-likeness (QED) is 0.664. The van der Waals surface area contributed by atoms with E-state index in [-0.39, 0.29) is 0 Å². The van der Waals surface area contributed by atoms with Crippen LogP contribution in [0.5, 0.6) is 11.5 Å². The molecular weight excluding hydrogens is 310 g/mol. The Labute approximate surface area is 122 Å². The summed E-state index contributed by atoms with van der Waals surface area (Å²) in [6.45, 7) is 6.96. The fourth-order valence-electron chi connectivity index (χ4n) is 1.75. The molecule has 0 aliphatic carbocycles. The van der Waals surface area contributed by atoms with Gasteiger partial charge in [-0.25, -0.2) is 0 Å². The molecule has 1 aromatic carbocycles. The molecule has 0 aromatic heterocycles. The maximum Gasteiger partial charge on any atom is 0.175 e. The molecule has 1 aromatic rings. The van der Waals surface area contributed by atoms with Crippen molar-refractivity contribution >= 4 is 15.9 Å². The van der Waals surface area contributed by atoms with Crippen LogP contribution in [0.3, 0.4) is 0 Å². The minimum absolute atomic E-state index is 0.517. The standard InChI is InChI=1S/C14H20BrNO3/c1-10(2)9-19-16-8-11-6-12(15)14-13(7-11)17-4-3-5-18-14/h6-7,10,16H,3-5,8-9H2,1-2H3. The Kier molecular flexibility index (Phi) is 5.48. The van der Waals surface area contributed by atoms with Crippen molar-refractivity contribution in [1.82, 2.24) is 5.48 Å². The maximum absolute atomic E-state index is 5.69. The summed E-state index contributed by atoms with van der Waals surface area (Å²) in [6, 6.07) is 4.02. The Hall–Kier alpha value is -0.780. The first-order valence-electron chi connectivity index (χ1n) is 6.59. The summed E-state index contributed by atoms with van der Waals surface area (Å²) in [5.41, 5.74) is 4.06. The van der Waals surface area contributed by atoms with E-state index in [1.54, 1.807) is 0 Å². The van der Waals surface area contributed by atoms with Gasteiger partial charge < -0.3 is 14.3 Å². The van der Waals surface area contributed by atoms with Gasteiger partial charge in [0.25, 0.3) is 0 Å². The van der Waals surface area contributed by atoms with Gasteiger partial charge >= 0.3 is 0 Å². The largest absolute Gasteiger partial charge is 0.490 e. The van der Waals surface area contributed by atoms with Crippen molar-refractivity contribution in [2.75, 3.05) is 19.8 Å². The number of hydrogen-bond acceptors (Lipinski definition) is 4. The van der Waals surface area contributed by atoms with E-state index >= 15 is 0 Å². The third-order valence-electron chi connectivity index (χ3n) is 2.66. The predicted molar refractivity (Wildman–Crippen MR) is 77.4 cm³/mol. The maximum atomic E-state index is 5.69. The number of ether oxygens (including phenoxy) is 2. The zero-order valence-electron chi connectivity index (χ0n) is 11.4. The first-order chi connectivity index (χ1) is 9.16. The van der Waals surface area contributed by atoms with Crippen LogP contribution in [0.1, 0.15) is 25.8 Å². The third-order valence-corrected chi connectivity index (χ3v) is 3.25. The fourth-order valence-corrected chi connectivity index (χ4v) is 2.35. The number of benzene rings is 1. The van der Waals surface area contributed by atoms with Gasteiger partial charge in [0.05, 0.1) is 24.3 Å². The molecule has 1 N–H and O–H groups in total. The highest BCUT2D eigenvalue weighted by atomic mass is 79.9. The molecule has 0 fully saturated rings. The molecule has 0 saturated carbocycles. The lowest BCUT2D eigenvalue weighted by Gasteiger charge is -2.13. The minimum Gasteiger partial charge on any atom is -0.490 e. The number of rotatable bonds is 5. The summed E-state index contributed by atoms with van der Waals surface area (Å²) in [4.78, 5) is 5.37. The van der Waals surface area contributed by atoms with E-state index in [0.717, 1.165) is 28.0 Å². The molecule has 0 unspecified atom stereocenters. The zero-order chi connectivity index (χ0) is 13.7. The lowest BCUT2D eigenvalue weighted by molar-refractivity contribution is 0.0196. The van der Waals surface area contributed by atoms with Crippen molar-refractivity contribution in [2.24, 2.45) is 5.92 Å². The normalized spacial score (nSPS) is 14.5. The van der Waals surface area contributed by atoms with E-state index in [4.69, 9.17) is 14.3 Å². The SMILES string of the molecule is CC(C)CONCc1cc(Br)c2c(c1)OCCCO2. The monoisotopic (exact) mass is 329 g/mol. The molecule has 4 nitrogen and oxygen atoms in total. The molecule has 0 radical (unpaired) electrons. The van der Waals surface area contributed by atoms with Crippen LogP contribution < -0.4 is 15.0 Å². The highest BCUT2D eigenvalue weighted by molar-refractivity contribution is 9.10. The van der Waals surface area contributed by atoms with Crippen LogP contribution in [0.2, 0.25) is 0 Å². The summed E-state index contributed by atoms with van der Waals surface area (Å²) < 4.78 is 12.3. The molecule has 0 atom stereocenters. The Morgan fingerprint density at radius 3 is 2.89 bits per heavy atom. The Morgan fingerprint density at radius 2 is 2.11 bits per heavy atom. The summed E-state index contributed by atoms with van der Waals surface area (Å²) in [6.07, 6.45) is 0.909. The molecule has 1 aliphatic rings. The van der Waals surface area contributed by atoms with Gasteiger partial charge in [-0.3, -0.25) is 0 Å². The molecule has 0 amide bonds. The topological polar surface area (TPSA) is 39.7 Å². The minimum atomic E-state index is 0.517. The van der Waals surface area contributed by atoms with Crippen molar-refractivity contribution in [3.63, 3.8) is 0 Å². The summed E-state index contributed by atoms with van der Waals surface area (Å²) in [5, 5.41) is 0. The summed E-state index contributed by atoms with van der Waals surface area (Å²) in [5.74, 6) is 2.11. The van der Waals surface area contributed by atoms with Gasteiger partial charge in [0.2, 0.25) is 0 Å². The summed E-state index contributed by atoms with van der Waals surface area (Å²) >= 11 is 3.53. The fraction of sp³-hybridized carbons (Fsp3) is 0.571. The lowest BCUT2D eigenvalue weighted by atomic mass is 10.2. The van der Waals surface area contributed by atoms with Gasteiger partial charge in [-0.2, -0.15) is 5.48 Å². The molecule has 106 valence electrons. The van der Waals surface area contributed by atoms with Gasteiger partial charge in [-0.15, -0.1) is 0 Å². The van der Waals surface area contributed by atoms with Crippen LogP contribution in [0.25, 0.3) is 0 Å². The second kappa shape index (κ2) is 7.12. The second-order valence-electron chi connectivity index (χ2n) is 4.98. The summed E-state index contributed by atoms with van der Waals surface area (Å²) in [7, 11) is 0. The van der Waals surface area contributed by atoms with Gasteiger partial charge in [0.1, 0.15) is 0 Å². The molecular formula is C14H20BrNO3. The van der Waals surface area contributed by atoms with Gasteiger partial charge in [0, 0.05) is 13.0 Å². The smallest absolute Gasteiger partial charge is 0.175 e. The molecule has 2 rings (SSSR count). The van der Waals surface area contributed by atoms with Crippen molar-refractivity contribution in [3.05, 3.63) is 22.2 Å². The van der Waals surface area contributed by atoms with Crippen LogP contribution in [0, 0.1) is 5.92 Å². The Balaban J connectivity index is 1.98. The number of hydroxylamine groups is 1. The molecule has 0 bridgehead atoms. The van der Waals surface area contributed by atoms with E-state index in [9.17, 15) is 0 Å². The molecule has 1 heterocycles. The van der Waals surface area contributed by atoms with Crippen molar-refractivity contribution in [2.45, 2.75) is 26.8 Å². The number of hydrogen-bond donors (Lipinski definition) is 1. The van der Waals surface area contributed by atoms with E-state index in [1.165, 1.54) is 0 Å². The average molecular weight is 330 g/mol. The third kappa shape index (κ3) is 4.37. The van der Waals surface area contributed by atoms with Crippen LogP contribution in [-0.2, 0) is 11.4 Å². The molecule has 5 heteroatoms. The van der Waals surface area contributed by atoms with Gasteiger partial charge in [-0.1, -0.05) is 13.8 Å². The first-order valence-corrected chi connectivity index (χ1v) is 7.39. The second-order valence-corrected chi connectivity index (χ2v) is 5.84. The molecule has 1 aliphatic heterocycles. The lowest BCUT2D eigenvalue weighted by Crippen LogP contribution is -2.17. The molecule has 0 spiro atoms. The van der Waals surface area contributed by atoms with Crippen LogP contribution in [0.4, 0.5) is 0 Å². The van der Waals surface area contributed by atoms with E-state index in [1.807, 2.05) is 12.1 Å². The molecule has 19 heavy (non-hydrogen) atoms. The van der Waals surface area contributed by atoms with Crippen molar-refractivity contribution < 1.29 is 14.3 Å². The van der Waals surface area contributed by atoms with Crippen LogP contribution >= 0.6 is 15.9 Å². The predicted octanol–water partition coefficient (Wildman–Crippen LogP) is 3.29. The highest BCUT2D eigenvalue weighted by Gasteiger charge is 2.15. The van der Waals surface area contributed by atoms with E-state index < -0.39 is 0 Å². The van der Waals surface area contributed by atoms with Gasteiger partial charge in [0.15, 0.2) is 11.5 Å².